The summed E-state index contributed by atoms with van der Waals surface area (Å²) in [6.45, 7) is 25.2. The maximum atomic E-state index is 12.9. The van der Waals surface area contributed by atoms with Crippen molar-refractivity contribution in [2.45, 2.75) is 195 Å². The smallest absolute Gasteiger partial charge is 0.164 e. The predicted molar refractivity (Wildman–Crippen MR) is 531 cm³/mol. The number of para-hydroxylation sites is 6. The quantitative estimate of drug-likeness (QED) is 0.0253. The van der Waals surface area contributed by atoms with Gasteiger partial charge in [0.15, 0.2) is 67.0 Å². The normalized spacial score (nSPS) is 11.5. The minimum absolute atomic E-state index is 0.0614. The van der Waals surface area contributed by atoms with Gasteiger partial charge in [0, 0.05) is 51.0 Å². The number of aldehydes is 10. The van der Waals surface area contributed by atoms with Crippen LogP contribution in [0.3, 0.4) is 0 Å². The zero-order chi connectivity index (χ0) is 97.9. The van der Waals surface area contributed by atoms with E-state index in [9.17, 15) is 52.3 Å². The first-order valence-corrected chi connectivity index (χ1v) is 47.0. The lowest BCUT2D eigenvalue weighted by Crippen LogP contribution is -2.12. The van der Waals surface area contributed by atoms with Crippen LogP contribution in [0.1, 0.15) is 212 Å². The zero-order valence-electron chi connectivity index (χ0n) is 79.8. The number of carbonyl (C=O) groups is 10. The van der Waals surface area contributed by atoms with Gasteiger partial charge in [0.2, 0.25) is 0 Å². The molecule has 1 aliphatic carbocycles. The number of unbranched alkanes of at least 4 members (excludes halogenated alkanes) is 2. The molecule has 0 aromatic heterocycles. The highest BCUT2D eigenvalue weighted by Crippen LogP contribution is 2.34. The third kappa shape index (κ3) is 53.5. The molecular formula is C111H139FO21S. The Balaban J connectivity index is 0.000000505. The largest absolute Gasteiger partial charge is 0.494 e. The Morgan fingerprint density at radius 3 is 1.19 bits per heavy atom. The molecule has 722 valence electrons. The maximum Gasteiger partial charge on any atom is 0.164 e. The minimum Gasteiger partial charge on any atom is -0.494 e. The lowest BCUT2D eigenvalue weighted by Gasteiger charge is -2.21. The van der Waals surface area contributed by atoms with E-state index in [1.54, 1.807) is 54.2 Å². The van der Waals surface area contributed by atoms with E-state index >= 15 is 0 Å². The van der Waals surface area contributed by atoms with Gasteiger partial charge in [-0.3, -0.25) is 38.4 Å². The van der Waals surface area contributed by atoms with Crippen LogP contribution in [-0.4, -0.2) is 136 Å². The van der Waals surface area contributed by atoms with E-state index in [1.807, 2.05) is 179 Å². The van der Waals surface area contributed by atoms with Crippen molar-refractivity contribution >= 4 is 74.6 Å². The zero-order valence-corrected chi connectivity index (χ0v) is 80.6. The Bertz CT molecular complexity index is 4740. The molecular weight excluding hydrogens is 1720 g/mol. The molecule has 0 atom stereocenters. The molecule has 134 heavy (non-hydrogen) atoms. The summed E-state index contributed by atoms with van der Waals surface area (Å²) in [7, 11) is 0. The van der Waals surface area contributed by atoms with Gasteiger partial charge < -0.3 is 61.7 Å². The fraction of sp³-hybridized carbons (Fsp3) is 0.369. The van der Waals surface area contributed by atoms with Gasteiger partial charge in [0.25, 0.3) is 0 Å². The van der Waals surface area contributed by atoms with E-state index in [-0.39, 0.29) is 38.9 Å². The Morgan fingerprint density at radius 1 is 0.299 bits per heavy atom. The summed E-state index contributed by atoms with van der Waals surface area (Å²) >= 11 is 1.66. The van der Waals surface area contributed by atoms with E-state index in [0.29, 0.717) is 97.3 Å². The highest BCUT2D eigenvalue weighted by Gasteiger charge is 2.17. The molecule has 23 heteroatoms. The summed E-state index contributed by atoms with van der Waals surface area (Å²) in [6.07, 6.45) is 26.6. The maximum absolute atomic E-state index is 12.9. The topological polar surface area (TPSA) is 272 Å². The van der Waals surface area contributed by atoms with E-state index in [4.69, 9.17) is 52.1 Å². The molecule has 0 heterocycles. The highest BCUT2D eigenvalue weighted by molar-refractivity contribution is 7.99. The molecule has 1 saturated carbocycles. The number of hydrogen-bond donors (Lipinski definition) is 0. The molecule has 0 spiro atoms. The Labute approximate surface area is 798 Å². The van der Waals surface area contributed by atoms with Crippen LogP contribution < -0.4 is 52.1 Å². The summed E-state index contributed by atoms with van der Waals surface area (Å²) in [6, 6.07) is 72.4. The number of hydrogen-bond acceptors (Lipinski definition) is 22. The van der Waals surface area contributed by atoms with Crippen LogP contribution in [0.15, 0.2) is 246 Å². The molecule has 1 aliphatic rings. The van der Waals surface area contributed by atoms with Crippen LogP contribution in [0.2, 0.25) is 0 Å². The second kappa shape index (κ2) is 79.7. The monoisotopic (exact) mass is 1860 g/mol. The predicted octanol–water partition coefficient (Wildman–Crippen LogP) is 24.5. The fourth-order valence-corrected chi connectivity index (χ4v) is 12.9. The average molecular weight is 1860 g/mol. The molecule has 21 nitrogen and oxygen atoms in total. The van der Waals surface area contributed by atoms with Crippen LogP contribution in [0.5, 0.6) is 63.2 Å². The number of rotatable bonds is 48. The van der Waals surface area contributed by atoms with Crippen LogP contribution in [0.4, 0.5) is 4.39 Å². The summed E-state index contributed by atoms with van der Waals surface area (Å²) < 4.78 is 71.3. The molecule has 11 rings (SSSR count). The van der Waals surface area contributed by atoms with E-state index in [0.717, 1.165) is 204 Å². The van der Waals surface area contributed by atoms with Crippen LogP contribution in [-0.2, 0) is 59.2 Å². The minimum atomic E-state index is -0.389. The van der Waals surface area contributed by atoms with Crippen molar-refractivity contribution in [3.05, 3.63) is 281 Å². The van der Waals surface area contributed by atoms with E-state index in [1.165, 1.54) is 59.0 Å². The summed E-state index contributed by atoms with van der Waals surface area (Å²) in [5, 5.41) is 0. The van der Waals surface area contributed by atoms with Gasteiger partial charge in [-0.2, -0.15) is 0 Å². The lowest BCUT2D eigenvalue weighted by atomic mass is 9.84. The van der Waals surface area contributed by atoms with E-state index < -0.39 is 0 Å². The Kier molecular flexibility index (Phi) is 69.6. The Hall–Kier alpha value is -13.0. The molecule has 10 aromatic carbocycles. The SMILES string of the molecule is CC1CCC(C=O)CC1.CCCCOc1cccc(C=O)c1.CCCCc1ccccc1OCC=O.CCCOc1cc(F)ccc1OCC=O.CCCOc1cccc(OCC=O)c1.CCCOc1ccccc1C=O.CCCOc1ccccc1CC=O.CCCOc1ccccc1OCC=O.CCCc1ccccc1OCC=O.CCc1ccccc1Sc1ccccc1C=O. The molecule has 1 fully saturated rings. The molecule has 0 unspecified atom stereocenters. The van der Waals surface area contributed by atoms with Crippen molar-refractivity contribution in [1.29, 1.82) is 0 Å². The molecule has 0 N–H and O–H groups in total. The first-order chi connectivity index (χ1) is 65.6. The van der Waals surface area contributed by atoms with Gasteiger partial charge in [-0.25, -0.2) is 4.39 Å². The number of benzene rings is 10. The van der Waals surface area contributed by atoms with Crippen molar-refractivity contribution in [3.63, 3.8) is 0 Å². The molecule has 10 aromatic rings. The second-order valence-electron chi connectivity index (χ2n) is 29.6. The fourth-order valence-electron chi connectivity index (χ4n) is 11.8. The van der Waals surface area contributed by atoms with E-state index in [2.05, 4.69) is 65.8 Å². The van der Waals surface area contributed by atoms with Gasteiger partial charge >= 0.3 is 0 Å². The van der Waals surface area contributed by atoms with Crippen molar-refractivity contribution < 1.29 is 104 Å². The van der Waals surface area contributed by atoms with Crippen molar-refractivity contribution in [1.82, 2.24) is 0 Å². The van der Waals surface area contributed by atoms with Crippen LogP contribution in [0.25, 0.3) is 0 Å². The molecule has 0 bridgehead atoms. The summed E-state index contributed by atoms with van der Waals surface area (Å²) in [5.41, 5.74) is 6.68. The molecule has 0 aliphatic heterocycles. The van der Waals surface area contributed by atoms with Gasteiger partial charge in [-0.1, -0.05) is 247 Å². The summed E-state index contributed by atoms with van der Waals surface area (Å²) in [5.74, 6) is 8.27. The Morgan fingerprint density at radius 2 is 0.694 bits per heavy atom. The van der Waals surface area contributed by atoms with Crippen molar-refractivity contribution in [2.75, 3.05) is 72.7 Å². The number of aryl methyl sites for hydroxylation is 3. The van der Waals surface area contributed by atoms with Crippen molar-refractivity contribution in [3.8, 4) is 63.2 Å². The third-order valence-corrected chi connectivity index (χ3v) is 19.9. The molecule has 0 radical (unpaired) electrons. The van der Waals surface area contributed by atoms with Gasteiger partial charge in [-0.05, 0) is 191 Å². The summed E-state index contributed by atoms with van der Waals surface area (Å²) in [4.78, 5) is 105. The molecule has 0 saturated heterocycles. The third-order valence-electron chi connectivity index (χ3n) is 18.6. The van der Waals surface area contributed by atoms with Crippen molar-refractivity contribution in [2.24, 2.45) is 11.8 Å². The standard InChI is InChI=1S/C15H14OS.C12H16O2.C11H13FO3.2C11H14O3.3C11H14O2.C10H12O2.C8H14O/c1-2-12-7-3-5-9-14(12)17-15-10-6-4-8-13(15)11-16;1-2-3-6-11-7-4-5-8-12(11)14-10-9-13;1-2-6-14-11-8-9(12)3-4-10(11)15-7-5-13;1-2-7-13-10-4-3-5-11(9-10)14-8-6-12;1-2-8-13-10-5-3-4-6-11(10)14-9-7-12;1-2-9-13-11-6-4-3-5-10(11)7-8-12;1-2-5-10-6-3-4-7-11(10)13-9-8-12;1-2-3-7-13-11-6-4-5-10(8-11)9-12;1-2-7-12-10-6-4-3-5-9(10)8-11;1-7-2-4-8(6-9)5-3-7/h3-11H,2H2,1H3;4-5,7-9H,2-3,6,10H2,1H3;3-5,8H,2,6-7H2,1H3;3-6,9H,2,7-8H2,1H3;3-7H,2,8-9H2,1H3;3-6,8H,2,7,9H2,1H3;3-4,6-8H,2,5,9H2,1H3;4-6,8-9H,2-3,7H2,1H3;3-6,8H,2,7H2,1H3;6-8H,2-5H2,1H3. The first-order valence-electron chi connectivity index (χ1n) is 46.2. The molecule has 0 amide bonds. The van der Waals surface area contributed by atoms with Gasteiger partial charge in [0.05, 0.1) is 45.2 Å². The lowest BCUT2D eigenvalue weighted by molar-refractivity contribution is -0.112. The second-order valence-corrected chi connectivity index (χ2v) is 30.7. The van der Waals surface area contributed by atoms with Crippen LogP contribution in [0, 0.1) is 17.7 Å². The van der Waals surface area contributed by atoms with Gasteiger partial charge in [-0.15, -0.1) is 0 Å². The average Bonchev–Trinajstić information content (AvgIpc) is 0.841. The van der Waals surface area contributed by atoms with Crippen LogP contribution >= 0.6 is 11.8 Å². The highest BCUT2D eigenvalue weighted by atomic mass is 32.2. The first kappa shape index (κ1) is 117. The number of ether oxygens (including phenoxy) is 11. The van der Waals surface area contributed by atoms with Gasteiger partial charge in [0.1, 0.15) is 98.0 Å². The number of halogens is 1. The number of carbonyl (C=O) groups excluding carboxylic acids is 10.